The third kappa shape index (κ3) is 3.22. The highest BCUT2D eigenvalue weighted by Gasteiger charge is 2.24. The molecule has 1 atom stereocenters. The van der Waals surface area contributed by atoms with E-state index in [0.717, 1.165) is 14.6 Å². The summed E-state index contributed by atoms with van der Waals surface area (Å²) in [6, 6.07) is 5.88. The molecule has 1 heterocycles. The summed E-state index contributed by atoms with van der Waals surface area (Å²) >= 11 is 4.88. The summed E-state index contributed by atoms with van der Waals surface area (Å²) in [5.74, 6) is -0.0307. The number of hydrogen-bond acceptors (Lipinski definition) is 4. The van der Waals surface area contributed by atoms with E-state index in [1.54, 1.807) is 12.0 Å². The molecule has 2 aromatic rings. The first-order chi connectivity index (χ1) is 9.99. The fourth-order valence-electron chi connectivity index (χ4n) is 2.37. The van der Waals surface area contributed by atoms with Crippen LogP contribution in [0.3, 0.4) is 0 Å². The highest BCUT2D eigenvalue weighted by atomic mass is 79.9. The van der Waals surface area contributed by atoms with Crippen LogP contribution in [-0.2, 0) is 4.74 Å². The molecule has 2 N–H and O–H groups in total. The second-order valence-electron chi connectivity index (χ2n) is 4.88. The Balaban J connectivity index is 2.40. The largest absolute Gasteiger partial charge is 0.397 e. The molecule has 114 valence electrons. The Morgan fingerprint density at radius 3 is 2.86 bits per heavy atom. The summed E-state index contributed by atoms with van der Waals surface area (Å²) in [6.07, 6.45) is 0. The van der Waals surface area contributed by atoms with Crippen LogP contribution in [0.2, 0.25) is 0 Å². The van der Waals surface area contributed by atoms with Gasteiger partial charge in [-0.3, -0.25) is 4.79 Å². The number of nitrogen functional groups attached to an aromatic ring is 1. The van der Waals surface area contributed by atoms with E-state index in [1.807, 2.05) is 32.0 Å². The number of rotatable bonds is 5. The van der Waals surface area contributed by atoms with Gasteiger partial charge in [-0.1, -0.05) is 22.0 Å². The van der Waals surface area contributed by atoms with Gasteiger partial charge in [0.05, 0.1) is 18.3 Å². The Bertz CT molecular complexity index is 656. The lowest BCUT2D eigenvalue weighted by atomic mass is 10.2. The third-order valence-electron chi connectivity index (χ3n) is 3.43. The summed E-state index contributed by atoms with van der Waals surface area (Å²) in [5.41, 5.74) is 6.74. The number of ether oxygens (including phenoxy) is 1. The fraction of sp³-hybridized carbons (Fsp3) is 0.400. The lowest BCUT2D eigenvalue weighted by molar-refractivity contribution is 0.0585. The summed E-state index contributed by atoms with van der Waals surface area (Å²) in [4.78, 5) is 15.2. The number of likely N-dealkylation sites (N-methyl/N-ethyl adjacent to an activating group) is 1. The van der Waals surface area contributed by atoms with Gasteiger partial charge in [-0.05, 0) is 26.0 Å². The maximum Gasteiger partial charge on any atom is 0.266 e. The van der Waals surface area contributed by atoms with E-state index in [4.69, 9.17) is 10.5 Å². The third-order valence-corrected chi connectivity index (χ3v) is 5.08. The van der Waals surface area contributed by atoms with Crippen LogP contribution in [-0.4, -0.2) is 37.1 Å². The van der Waals surface area contributed by atoms with E-state index in [0.29, 0.717) is 23.7 Å². The van der Waals surface area contributed by atoms with E-state index < -0.39 is 0 Å². The molecule has 0 bridgehead atoms. The molecule has 21 heavy (non-hydrogen) atoms. The van der Waals surface area contributed by atoms with Gasteiger partial charge in [0, 0.05) is 28.2 Å². The van der Waals surface area contributed by atoms with Crippen LogP contribution < -0.4 is 5.73 Å². The van der Waals surface area contributed by atoms with E-state index in [2.05, 4.69) is 15.9 Å². The smallest absolute Gasteiger partial charge is 0.266 e. The average molecular weight is 371 g/mol. The Hall–Kier alpha value is -1.11. The summed E-state index contributed by atoms with van der Waals surface area (Å²) in [6.45, 7) is 5.08. The van der Waals surface area contributed by atoms with Crippen molar-refractivity contribution in [3.63, 3.8) is 0 Å². The number of hydrogen-bond donors (Lipinski definition) is 1. The summed E-state index contributed by atoms with van der Waals surface area (Å²) < 4.78 is 7.15. The number of anilines is 1. The number of nitrogens with zero attached hydrogens (tertiary/aromatic N) is 1. The van der Waals surface area contributed by atoms with Crippen molar-refractivity contribution in [2.24, 2.45) is 0 Å². The van der Waals surface area contributed by atoms with Gasteiger partial charge in [-0.25, -0.2) is 0 Å². The molecule has 0 aliphatic carbocycles. The molecule has 1 aromatic carbocycles. The Morgan fingerprint density at radius 2 is 2.24 bits per heavy atom. The first kappa shape index (κ1) is 16.3. The van der Waals surface area contributed by atoms with Crippen LogP contribution >= 0.6 is 27.3 Å². The first-order valence-corrected chi connectivity index (χ1v) is 8.38. The maximum atomic E-state index is 12.8. The van der Waals surface area contributed by atoms with Gasteiger partial charge >= 0.3 is 0 Å². The Kier molecular flexibility index (Phi) is 5.24. The molecule has 4 nitrogen and oxygen atoms in total. The fourth-order valence-corrected chi connectivity index (χ4v) is 4.00. The van der Waals surface area contributed by atoms with Gasteiger partial charge in [0.2, 0.25) is 0 Å². The number of amides is 1. The minimum Gasteiger partial charge on any atom is -0.397 e. The van der Waals surface area contributed by atoms with Crippen molar-refractivity contribution >= 4 is 48.9 Å². The quantitative estimate of drug-likeness (QED) is 0.871. The SMILES string of the molecule is CCN(C(=O)c1sc2cc(Br)ccc2c1N)C(C)COC. The normalized spacial score (nSPS) is 12.6. The van der Waals surface area contributed by atoms with Crippen molar-refractivity contribution < 1.29 is 9.53 Å². The van der Waals surface area contributed by atoms with E-state index in [9.17, 15) is 4.79 Å². The first-order valence-electron chi connectivity index (χ1n) is 6.77. The number of halogens is 1. The lowest BCUT2D eigenvalue weighted by Gasteiger charge is -2.27. The molecule has 6 heteroatoms. The molecule has 0 radical (unpaired) electrons. The molecule has 1 aromatic heterocycles. The standard InChI is InChI=1S/C15H19BrN2O2S/c1-4-18(9(2)8-20-3)15(19)14-13(17)11-6-5-10(16)7-12(11)21-14/h5-7,9H,4,8,17H2,1-3H3. The average Bonchev–Trinajstić information content (AvgIpc) is 2.76. The van der Waals surface area contributed by atoms with Gasteiger partial charge < -0.3 is 15.4 Å². The number of fused-ring (bicyclic) bond motifs is 1. The molecule has 0 spiro atoms. The Labute approximate surface area is 137 Å². The van der Waals surface area contributed by atoms with Gasteiger partial charge in [-0.15, -0.1) is 11.3 Å². The van der Waals surface area contributed by atoms with E-state index in [-0.39, 0.29) is 11.9 Å². The molecular formula is C15H19BrN2O2S. The van der Waals surface area contributed by atoms with Crippen LogP contribution in [0.4, 0.5) is 5.69 Å². The van der Waals surface area contributed by atoms with Crippen molar-refractivity contribution in [2.75, 3.05) is 26.0 Å². The van der Waals surface area contributed by atoms with Gasteiger partial charge in [-0.2, -0.15) is 0 Å². The monoisotopic (exact) mass is 370 g/mol. The molecule has 0 aliphatic heterocycles. The predicted molar refractivity (Wildman–Crippen MR) is 92.0 cm³/mol. The molecule has 1 unspecified atom stereocenters. The van der Waals surface area contributed by atoms with Crippen molar-refractivity contribution in [1.29, 1.82) is 0 Å². The highest BCUT2D eigenvalue weighted by molar-refractivity contribution is 9.10. The molecule has 0 saturated heterocycles. The van der Waals surface area contributed by atoms with Gasteiger partial charge in [0.25, 0.3) is 5.91 Å². The molecule has 0 saturated carbocycles. The maximum absolute atomic E-state index is 12.8. The van der Waals surface area contributed by atoms with E-state index in [1.165, 1.54) is 11.3 Å². The van der Waals surface area contributed by atoms with Gasteiger partial charge in [0.1, 0.15) is 4.88 Å². The van der Waals surface area contributed by atoms with Gasteiger partial charge in [0.15, 0.2) is 0 Å². The lowest BCUT2D eigenvalue weighted by Crippen LogP contribution is -2.40. The minimum atomic E-state index is -0.0307. The Morgan fingerprint density at radius 1 is 1.52 bits per heavy atom. The van der Waals surface area contributed by atoms with Crippen molar-refractivity contribution in [3.05, 3.63) is 27.5 Å². The number of methoxy groups -OCH3 is 1. The topological polar surface area (TPSA) is 55.6 Å². The number of carbonyl (C=O) groups is 1. The zero-order valence-corrected chi connectivity index (χ0v) is 14.8. The molecular weight excluding hydrogens is 352 g/mol. The molecule has 1 amide bonds. The van der Waals surface area contributed by atoms with Crippen molar-refractivity contribution in [2.45, 2.75) is 19.9 Å². The van der Waals surface area contributed by atoms with Crippen LogP contribution in [0.5, 0.6) is 0 Å². The number of nitrogens with two attached hydrogens (primary N) is 1. The van der Waals surface area contributed by atoms with Crippen molar-refractivity contribution in [1.82, 2.24) is 4.90 Å². The summed E-state index contributed by atoms with van der Waals surface area (Å²) in [5, 5.41) is 0.932. The number of benzene rings is 1. The zero-order valence-electron chi connectivity index (χ0n) is 12.4. The second kappa shape index (κ2) is 6.77. The van der Waals surface area contributed by atoms with Crippen LogP contribution in [0, 0.1) is 0 Å². The highest BCUT2D eigenvalue weighted by Crippen LogP contribution is 2.36. The predicted octanol–water partition coefficient (Wildman–Crippen LogP) is 3.74. The van der Waals surface area contributed by atoms with Crippen LogP contribution in [0.25, 0.3) is 10.1 Å². The summed E-state index contributed by atoms with van der Waals surface area (Å²) in [7, 11) is 1.64. The van der Waals surface area contributed by atoms with E-state index >= 15 is 0 Å². The van der Waals surface area contributed by atoms with Crippen LogP contribution in [0.1, 0.15) is 23.5 Å². The number of carbonyl (C=O) groups excluding carboxylic acids is 1. The van der Waals surface area contributed by atoms with Crippen LogP contribution in [0.15, 0.2) is 22.7 Å². The van der Waals surface area contributed by atoms with Crippen molar-refractivity contribution in [3.8, 4) is 0 Å². The minimum absolute atomic E-state index is 0.0175. The molecule has 0 fully saturated rings. The molecule has 0 aliphatic rings. The second-order valence-corrected chi connectivity index (χ2v) is 6.85. The number of thiophene rings is 1. The molecule has 2 rings (SSSR count). The zero-order chi connectivity index (χ0) is 15.6.